The Bertz CT molecular complexity index is 633. The molecule has 0 aromatic heterocycles. The molecule has 0 aliphatic carbocycles. The number of aliphatic hydroxyl groups is 1. The third-order valence-corrected chi connectivity index (χ3v) is 5.76. The molecule has 1 aromatic rings. The number of piperidine rings is 1. The molecule has 0 bridgehead atoms. The smallest absolute Gasteiger partial charge is 0.251 e. The van der Waals surface area contributed by atoms with Crippen molar-refractivity contribution < 1.29 is 18.3 Å². The van der Waals surface area contributed by atoms with Crippen molar-refractivity contribution >= 4 is 15.9 Å². The molecule has 0 unspecified atom stereocenters. The highest BCUT2D eigenvalue weighted by Crippen LogP contribution is 2.21. The second-order valence-electron chi connectivity index (χ2n) is 6.26. The van der Waals surface area contributed by atoms with Crippen LogP contribution < -0.4 is 5.32 Å². The first-order valence-corrected chi connectivity index (χ1v) is 9.31. The summed E-state index contributed by atoms with van der Waals surface area (Å²) in [5, 5.41) is 12.3. The highest BCUT2D eigenvalue weighted by Gasteiger charge is 2.28. The van der Waals surface area contributed by atoms with E-state index in [-0.39, 0.29) is 10.8 Å². The molecular formula is C16H24N2O4S. The molecule has 1 aliphatic rings. The number of amides is 1. The van der Waals surface area contributed by atoms with Crippen LogP contribution in [0.2, 0.25) is 0 Å². The minimum atomic E-state index is -3.56. The van der Waals surface area contributed by atoms with Crippen LogP contribution in [-0.4, -0.2) is 49.5 Å². The predicted octanol–water partition coefficient (Wildman–Crippen LogP) is 1.22. The van der Waals surface area contributed by atoms with Crippen LogP contribution in [0.5, 0.6) is 0 Å². The summed E-state index contributed by atoms with van der Waals surface area (Å²) in [4.78, 5) is 12.1. The zero-order valence-corrected chi connectivity index (χ0v) is 14.3. The third kappa shape index (κ3) is 4.53. The van der Waals surface area contributed by atoms with E-state index in [1.165, 1.54) is 28.6 Å². The first kappa shape index (κ1) is 17.9. The lowest BCUT2D eigenvalue weighted by Crippen LogP contribution is -2.40. The standard InChI is InChI=1S/C16H24N2O4S/c1-12(2)11-17-16(20)13-3-5-15(6-4-13)23(21,22)18-9-7-14(19)8-10-18/h3-6,12,14,19H,7-11H2,1-2H3,(H,17,20). The monoisotopic (exact) mass is 340 g/mol. The third-order valence-electron chi connectivity index (χ3n) is 3.85. The van der Waals surface area contributed by atoms with Crippen molar-refractivity contribution in [3.63, 3.8) is 0 Å². The van der Waals surface area contributed by atoms with Crippen LogP contribution in [0.4, 0.5) is 0 Å². The molecule has 1 aromatic carbocycles. The molecule has 1 fully saturated rings. The van der Waals surface area contributed by atoms with Crippen LogP contribution in [0, 0.1) is 5.92 Å². The number of nitrogens with one attached hydrogen (secondary N) is 1. The largest absolute Gasteiger partial charge is 0.393 e. The van der Waals surface area contributed by atoms with Crippen molar-refractivity contribution in [3.05, 3.63) is 29.8 Å². The number of aliphatic hydroxyl groups excluding tert-OH is 1. The number of hydrogen-bond acceptors (Lipinski definition) is 4. The van der Waals surface area contributed by atoms with Crippen LogP contribution in [0.1, 0.15) is 37.0 Å². The summed E-state index contributed by atoms with van der Waals surface area (Å²) in [5.41, 5.74) is 0.443. The summed E-state index contributed by atoms with van der Waals surface area (Å²) in [6.07, 6.45) is 0.484. The maximum atomic E-state index is 12.5. The first-order chi connectivity index (χ1) is 10.8. The molecule has 128 valence electrons. The molecule has 1 amide bonds. The maximum Gasteiger partial charge on any atom is 0.251 e. The molecule has 7 heteroatoms. The maximum absolute atomic E-state index is 12.5. The van der Waals surface area contributed by atoms with Crippen molar-refractivity contribution in [2.45, 2.75) is 37.7 Å². The molecule has 1 saturated heterocycles. The Kier molecular flexibility index (Phi) is 5.78. The molecule has 0 saturated carbocycles. The van der Waals surface area contributed by atoms with E-state index in [1.54, 1.807) is 0 Å². The minimum Gasteiger partial charge on any atom is -0.393 e. The van der Waals surface area contributed by atoms with Gasteiger partial charge in [-0.25, -0.2) is 8.42 Å². The quantitative estimate of drug-likeness (QED) is 0.844. The van der Waals surface area contributed by atoms with E-state index >= 15 is 0 Å². The molecule has 23 heavy (non-hydrogen) atoms. The fourth-order valence-corrected chi connectivity index (χ4v) is 3.88. The Morgan fingerprint density at radius 3 is 2.35 bits per heavy atom. The van der Waals surface area contributed by atoms with Gasteiger partial charge in [-0.3, -0.25) is 4.79 Å². The number of carbonyl (C=O) groups is 1. The van der Waals surface area contributed by atoms with Crippen molar-refractivity contribution in [3.8, 4) is 0 Å². The molecular weight excluding hydrogens is 316 g/mol. The van der Waals surface area contributed by atoms with Gasteiger partial charge in [0, 0.05) is 25.2 Å². The van der Waals surface area contributed by atoms with Gasteiger partial charge in [-0.2, -0.15) is 4.31 Å². The summed E-state index contributed by atoms with van der Waals surface area (Å²) in [6.45, 7) is 5.23. The van der Waals surface area contributed by atoms with Crippen LogP contribution in [0.3, 0.4) is 0 Å². The van der Waals surface area contributed by atoms with E-state index in [2.05, 4.69) is 5.32 Å². The normalized spacial score (nSPS) is 17.4. The Balaban J connectivity index is 2.08. The van der Waals surface area contributed by atoms with E-state index < -0.39 is 16.1 Å². The summed E-state index contributed by atoms with van der Waals surface area (Å²) in [6, 6.07) is 5.98. The molecule has 0 spiro atoms. The van der Waals surface area contributed by atoms with Crippen molar-refractivity contribution in [1.82, 2.24) is 9.62 Å². The minimum absolute atomic E-state index is 0.175. The van der Waals surface area contributed by atoms with E-state index in [9.17, 15) is 18.3 Å². The van der Waals surface area contributed by atoms with Gasteiger partial charge in [-0.1, -0.05) is 13.8 Å². The Hall–Kier alpha value is -1.44. The lowest BCUT2D eigenvalue weighted by atomic mass is 10.1. The molecule has 1 aliphatic heterocycles. The fraction of sp³-hybridized carbons (Fsp3) is 0.562. The predicted molar refractivity (Wildman–Crippen MR) is 87.6 cm³/mol. The lowest BCUT2D eigenvalue weighted by Gasteiger charge is -2.28. The highest BCUT2D eigenvalue weighted by molar-refractivity contribution is 7.89. The number of rotatable bonds is 5. The summed E-state index contributed by atoms with van der Waals surface area (Å²) < 4.78 is 26.5. The molecule has 2 rings (SSSR count). The SMILES string of the molecule is CC(C)CNC(=O)c1ccc(S(=O)(=O)N2CCC(O)CC2)cc1. The fourth-order valence-electron chi connectivity index (χ4n) is 2.41. The topological polar surface area (TPSA) is 86.7 Å². The van der Waals surface area contributed by atoms with Gasteiger partial charge in [-0.15, -0.1) is 0 Å². The second kappa shape index (κ2) is 7.42. The van der Waals surface area contributed by atoms with E-state index in [1.807, 2.05) is 13.8 Å². The molecule has 0 atom stereocenters. The number of carbonyl (C=O) groups excluding carboxylic acids is 1. The molecule has 0 radical (unpaired) electrons. The van der Waals surface area contributed by atoms with E-state index in [4.69, 9.17) is 0 Å². The summed E-state index contributed by atoms with van der Waals surface area (Å²) in [5.74, 6) is 0.150. The second-order valence-corrected chi connectivity index (χ2v) is 8.20. The van der Waals surface area contributed by atoms with Crippen LogP contribution in [0.25, 0.3) is 0 Å². The highest BCUT2D eigenvalue weighted by atomic mass is 32.2. The number of sulfonamides is 1. The van der Waals surface area contributed by atoms with Crippen molar-refractivity contribution in [1.29, 1.82) is 0 Å². The van der Waals surface area contributed by atoms with Crippen molar-refractivity contribution in [2.75, 3.05) is 19.6 Å². The van der Waals surface area contributed by atoms with Crippen LogP contribution >= 0.6 is 0 Å². The van der Waals surface area contributed by atoms with Crippen molar-refractivity contribution in [2.24, 2.45) is 5.92 Å². The van der Waals surface area contributed by atoms with E-state index in [0.717, 1.165) is 0 Å². The van der Waals surface area contributed by atoms with Crippen LogP contribution in [-0.2, 0) is 10.0 Å². The summed E-state index contributed by atoms with van der Waals surface area (Å²) >= 11 is 0. The van der Waals surface area contributed by atoms with Gasteiger partial charge in [0.15, 0.2) is 0 Å². The lowest BCUT2D eigenvalue weighted by molar-refractivity contribution is 0.0948. The molecule has 6 nitrogen and oxygen atoms in total. The van der Waals surface area contributed by atoms with Gasteiger partial charge < -0.3 is 10.4 Å². The van der Waals surface area contributed by atoms with E-state index in [0.29, 0.717) is 44.0 Å². The van der Waals surface area contributed by atoms with Gasteiger partial charge in [0.1, 0.15) is 0 Å². The number of nitrogens with zero attached hydrogens (tertiary/aromatic N) is 1. The van der Waals surface area contributed by atoms with Gasteiger partial charge in [0.05, 0.1) is 11.0 Å². The Labute approximate surface area is 137 Å². The zero-order chi connectivity index (χ0) is 17.0. The molecule has 1 heterocycles. The van der Waals surface area contributed by atoms with Gasteiger partial charge >= 0.3 is 0 Å². The Morgan fingerprint density at radius 2 is 1.83 bits per heavy atom. The Morgan fingerprint density at radius 1 is 1.26 bits per heavy atom. The van der Waals surface area contributed by atoms with Crippen LogP contribution in [0.15, 0.2) is 29.2 Å². The number of hydrogen-bond donors (Lipinski definition) is 2. The number of benzene rings is 1. The zero-order valence-electron chi connectivity index (χ0n) is 13.5. The average Bonchev–Trinajstić information content (AvgIpc) is 2.53. The average molecular weight is 340 g/mol. The van der Waals surface area contributed by atoms with Gasteiger partial charge in [0.25, 0.3) is 5.91 Å². The van der Waals surface area contributed by atoms with Gasteiger partial charge in [0.2, 0.25) is 10.0 Å². The molecule has 2 N–H and O–H groups in total. The summed E-state index contributed by atoms with van der Waals surface area (Å²) in [7, 11) is -3.56. The van der Waals surface area contributed by atoms with Gasteiger partial charge in [-0.05, 0) is 43.0 Å². The first-order valence-electron chi connectivity index (χ1n) is 7.87.